The van der Waals surface area contributed by atoms with E-state index in [2.05, 4.69) is 5.32 Å². The van der Waals surface area contributed by atoms with Crippen LogP contribution in [0, 0.1) is 11.7 Å². The van der Waals surface area contributed by atoms with Crippen molar-refractivity contribution < 1.29 is 19.4 Å². The van der Waals surface area contributed by atoms with Gasteiger partial charge in [0.05, 0.1) is 12.6 Å². The third-order valence-electron chi connectivity index (χ3n) is 4.20. The monoisotopic (exact) mass is 315 g/mol. The first-order valence-electron chi connectivity index (χ1n) is 7.54. The number of phenols is 1. The molecule has 4 nitrogen and oxygen atoms in total. The van der Waals surface area contributed by atoms with E-state index in [0.29, 0.717) is 6.42 Å². The molecule has 0 heterocycles. The average Bonchev–Trinajstić information content (AvgIpc) is 3.34. The second-order valence-electron chi connectivity index (χ2n) is 5.84. The lowest BCUT2D eigenvalue weighted by Gasteiger charge is -2.17. The van der Waals surface area contributed by atoms with Crippen LogP contribution in [0.1, 0.15) is 29.5 Å². The Balaban J connectivity index is 1.64. The number of aliphatic hydroxyl groups is 1. The van der Waals surface area contributed by atoms with Gasteiger partial charge in [0.25, 0.3) is 0 Å². The van der Waals surface area contributed by atoms with E-state index in [-0.39, 0.29) is 35.9 Å². The minimum atomic E-state index is -0.517. The summed E-state index contributed by atoms with van der Waals surface area (Å²) in [6.07, 6.45) is 0.684. The van der Waals surface area contributed by atoms with Gasteiger partial charge in [0.15, 0.2) is 0 Å². The van der Waals surface area contributed by atoms with E-state index in [1.165, 1.54) is 24.3 Å². The molecule has 0 aliphatic heterocycles. The summed E-state index contributed by atoms with van der Waals surface area (Å²) in [4.78, 5) is 12.3. The molecule has 0 saturated heterocycles. The van der Waals surface area contributed by atoms with Gasteiger partial charge in [-0.05, 0) is 47.7 Å². The minimum Gasteiger partial charge on any atom is -0.508 e. The predicted octanol–water partition coefficient (Wildman–Crippen LogP) is 2.48. The van der Waals surface area contributed by atoms with Crippen molar-refractivity contribution in [3.63, 3.8) is 0 Å². The smallest absolute Gasteiger partial charge is 0.224 e. The van der Waals surface area contributed by atoms with Gasteiger partial charge in [-0.1, -0.05) is 24.3 Å². The molecule has 0 aromatic heterocycles. The first kappa shape index (κ1) is 15.5. The van der Waals surface area contributed by atoms with E-state index in [1.807, 2.05) is 6.07 Å². The summed E-state index contributed by atoms with van der Waals surface area (Å²) in [5.74, 6) is -0.477. The van der Waals surface area contributed by atoms with Crippen LogP contribution in [-0.2, 0) is 4.79 Å². The minimum absolute atomic E-state index is 0.0323. The topological polar surface area (TPSA) is 69.6 Å². The average molecular weight is 315 g/mol. The molecule has 0 spiro atoms. The second kappa shape index (κ2) is 6.38. The number of nitrogens with one attached hydrogen (secondary N) is 1. The molecule has 2 aromatic rings. The summed E-state index contributed by atoms with van der Waals surface area (Å²) in [5.41, 5.74) is 1.55. The highest BCUT2D eigenvalue weighted by atomic mass is 19.1. The molecule has 3 rings (SSSR count). The number of benzene rings is 2. The Labute approximate surface area is 133 Å². The van der Waals surface area contributed by atoms with Gasteiger partial charge in [-0.2, -0.15) is 0 Å². The first-order valence-corrected chi connectivity index (χ1v) is 7.54. The largest absolute Gasteiger partial charge is 0.508 e. The Bertz CT molecular complexity index is 702. The van der Waals surface area contributed by atoms with Crippen molar-refractivity contribution in [1.82, 2.24) is 5.32 Å². The highest BCUT2D eigenvalue weighted by Crippen LogP contribution is 2.47. The maximum absolute atomic E-state index is 13.2. The van der Waals surface area contributed by atoms with Crippen molar-refractivity contribution in [1.29, 1.82) is 0 Å². The molecule has 1 amide bonds. The molecule has 23 heavy (non-hydrogen) atoms. The number of hydrogen-bond donors (Lipinski definition) is 3. The van der Waals surface area contributed by atoms with E-state index in [0.717, 1.165) is 11.1 Å². The number of hydrogen-bond acceptors (Lipinski definition) is 3. The summed E-state index contributed by atoms with van der Waals surface area (Å²) < 4.78 is 13.2. The van der Waals surface area contributed by atoms with Crippen LogP contribution >= 0.6 is 0 Å². The van der Waals surface area contributed by atoms with Gasteiger partial charge in [-0.3, -0.25) is 4.79 Å². The molecule has 0 bridgehead atoms. The Morgan fingerprint density at radius 3 is 2.65 bits per heavy atom. The van der Waals surface area contributed by atoms with Crippen molar-refractivity contribution in [2.45, 2.75) is 18.4 Å². The molecule has 1 fully saturated rings. The zero-order chi connectivity index (χ0) is 16.4. The van der Waals surface area contributed by atoms with E-state index in [9.17, 15) is 19.4 Å². The number of rotatable bonds is 5. The fourth-order valence-corrected chi connectivity index (χ4v) is 2.81. The number of carbonyl (C=O) groups excluding carboxylic acids is 1. The van der Waals surface area contributed by atoms with Crippen molar-refractivity contribution in [3.05, 3.63) is 65.5 Å². The summed E-state index contributed by atoms with van der Waals surface area (Å²) in [5, 5.41) is 21.6. The van der Waals surface area contributed by atoms with E-state index >= 15 is 0 Å². The number of halogens is 1. The zero-order valence-electron chi connectivity index (χ0n) is 12.4. The molecule has 2 aromatic carbocycles. The van der Waals surface area contributed by atoms with Gasteiger partial charge in [0.2, 0.25) is 5.91 Å². The third-order valence-corrected chi connectivity index (χ3v) is 4.20. The number of aliphatic hydroxyl groups excluding tert-OH is 1. The number of phenolic OH excluding ortho intramolecular Hbond substituents is 1. The first-order chi connectivity index (χ1) is 11.1. The Morgan fingerprint density at radius 1 is 1.26 bits per heavy atom. The van der Waals surface area contributed by atoms with Crippen LogP contribution in [0.3, 0.4) is 0 Å². The SMILES string of the molecule is O=C(N[C@@H](CO)c1ccc(O)cc1)[C@H]1C[C@@H]1c1cccc(F)c1. The Hall–Kier alpha value is -2.40. The van der Waals surface area contributed by atoms with Crippen molar-refractivity contribution in [2.24, 2.45) is 5.92 Å². The molecule has 120 valence electrons. The highest BCUT2D eigenvalue weighted by molar-refractivity contribution is 5.83. The van der Waals surface area contributed by atoms with Gasteiger partial charge in [-0.15, -0.1) is 0 Å². The van der Waals surface area contributed by atoms with Gasteiger partial charge in [-0.25, -0.2) is 4.39 Å². The Kier molecular flexibility index (Phi) is 4.30. The van der Waals surface area contributed by atoms with Crippen molar-refractivity contribution in [2.75, 3.05) is 6.61 Å². The lowest BCUT2D eigenvalue weighted by Crippen LogP contribution is -2.32. The molecular weight excluding hydrogens is 297 g/mol. The molecular formula is C18H18FNO3. The van der Waals surface area contributed by atoms with Gasteiger partial charge in [0, 0.05) is 5.92 Å². The predicted molar refractivity (Wildman–Crippen MR) is 83.3 cm³/mol. The Morgan fingerprint density at radius 2 is 2.00 bits per heavy atom. The van der Waals surface area contributed by atoms with E-state index < -0.39 is 6.04 Å². The second-order valence-corrected chi connectivity index (χ2v) is 5.84. The number of carbonyl (C=O) groups is 1. The van der Waals surface area contributed by atoms with Crippen LogP contribution in [0.15, 0.2) is 48.5 Å². The summed E-state index contributed by atoms with van der Waals surface area (Å²) in [7, 11) is 0. The molecule has 3 atom stereocenters. The fraction of sp³-hybridized carbons (Fsp3) is 0.278. The van der Waals surface area contributed by atoms with Crippen LogP contribution in [-0.4, -0.2) is 22.7 Å². The van der Waals surface area contributed by atoms with Crippen LogP contribution in [0.2, 0.25) is 0 Å². The van der Waals surface area contributed by atoms with Crippen LogP contribution in [0.5, 0.6) is 5.75 Å². The molecule has 1 aliphatic rings. The number of aromatic hydroxyl groups is 1. The van der Waals surface area contributed by atoms with Crippen molar-refractivity contribution in [3.8, 4) is 5.75 Å². The van der Waals surface area contributed by atoms with E-state index in [4.69, 9.17) is 0 Å². The molecule has 0 radical (unpaired) electrons. The van der Waals surface area contributed by atoms with Gasteiger partial charge >= 0.3 is 0 Å². The lowest BCUT2D eigenvalue weighted by molar-refractivity contribution is -0.123. The quantitative estimate of drug-likeness (QED) is 0.794. The summed E-state index contributed by atoms with van der Waals surface area (Å²) >= 11 is 0. The zero-order valence-corrected chi connectivity index (χ0v) is 12.4. The van der Waals surface area contributed by atoms with Crippen LogP contribution < -0.4 is 5.32 Å². The molecule has 0 unspecified atom stereocenters. The van der Waals surface area contributed by atoms with Crippen molar-refractivity contribution >= 4 is 5.91 Å². The lowest BCUT2D eigenvalue weighted by atomic mass is 10.1. The third kappa shape index (κ3) is 3.51. The molecule has 1 saturated carbocycles. The summed E-state index contributed by atoms with van der Waals surface area (Å²) in [6, 6.07) is 12.1. The molecule has 3 N–H and O–H groups in total. The number of amides is 1. The highest BCUT2D eigenvalue weighted by Gasteiger charge is 2.44. The van der Waals surface area contributed by atoms with Crippen LogP contribution in [0.25, 0.3) is 0 Å². The maximum atomic E-state index is 13.2. The van der Waals surface area contributed by atoms with Gasteiger partial charge < -0.3 is 15.5 Å². The standard InChI is InChI=1S/C18H18FNO3/c19-13-3-1-2-12(8-13)15-9-16(15)18(23)20-17(10-21)11-4-6-14(22)7-5-11/h1-8,15-17,21-22H,9-10H2,(H,20,23)/t15-,16+,17+/m1/s1. The van der Waals surface area contributed by atoms with Crippen LogP contribution in [0.4, 0.5) is 4.39 Å². The fourth-order valence-electron chi connectivity index (χ4n) is 2.81. The summed E-state index contributed by atoms with van der Waals surface area (Å²) in [6.45, 7) is -0.228. The van der Waals surface area contributed by atoms with Gasteiger partial charge in [0.1, 0.15) is 11.6 Å². The van der Waals surface area contributed by atoms with E-state index in [1.54, 1.807) is 18.2 Å². The normalized spacial score (nSPS) is 20.8. The molecule has 5 heteroatoms. The molecule has 1 aliphatic carbocycles. The maximum Gasteiger partial charge on any atom is 0.224 e.